The molecule has 3 heteroatoms. The van der Waals surface area contributed by atoms with Crippen LogP contribution in [0.25, 0.3) is 22.0 Å². The van der Waals surface area contributed by atoms with Crippen LogP contribution in [0.2, 0.25) is 0 Å². The van der Waals surface area contributed by atoms with Gasteiger partial charge >= 0.3 is 0 Å². The van der Waals surface area contributed by atoms with Gasteiger partial charge in [-0.05, 0) is 17.7 Å². The first-order valence-electron chi connectivity index (χ1n) is 5.14. The van der Waals surface area contributed by atoms with Crippen molar-refractivity contribution in [2.75, 3.05) is 5.73 Å². The van der Waals surface area contributed by atoms with Crippen molar-refractivity contribution >= 4 is 27.2 Å². The second kappa shape index (κ2) is 3.39. The SMILES string of the molecule is Cn1cc(-c2csc(N)c2)c2ccccc21. The molecule has 0 bridgehead atoms. The highest BCUT2D eigenvalue weighted by molar-refractivity contribution is 7.14. The summed E-state index contributed by atoms with van der Waals surface area (Å²) in [6, 6.07) is 10.5. The van der Waals surface area contributed by atoms with E-state index in [4.69, 9.17) is 5.73 Å². The normalized spacial score (nSPS) is 11.1. The predicted octanol–water partition coefficient (Wildman–Crippen LogP) is 3.49. The molecule has 0 aliphatic rings. The van der Waals surface area contributed by atoms with Gasteiger partial charge in [-0.25, -0.2) is 0 Å². The predicted molar refractivity (Wildman–Crippen MR) is 70.6 cm³/mol. The van der Waals surface area contributed by atoms with E-state index >= 15 is 0 Å². The largest absolute Gasteiger partial charge is 0.391 e. The zero-order chi connectivity index (χ0) is 11.1. The van der Waals surface area contributed by atoms with Crippen molar-refractivity contribution in [2.45, 2.75) is 0 Å². The third-order valence-corrected chi connectivity index (χ3v) is 3.59. The molecule has 0 radical (unpaired) electrons. The lowest BCUT2D eigenvalue weighted by Gasteiger charge is -1.94. The Hall–Kier alpha value is -1.74. The minimum absolute atomic E-state index is 0.864. The molecular formula is C13H12N2S. The fourth-order valence-corrected chi connectivity index (χ4v) is 2.72. The Balaban J connectivity index is 2.32. The summed E-state index contributed by atoms with van der Waals surface area (Å²) in [6.07, 6.45) is 2.16. The molecule has 0 unspecified atom stereocenters. The number of anilines is 1. The first kappa shape index (κ1) is 9.48. The number of nitrogens with two attached hydrogens (primary N) is 1. The Labute approximate surface area is 97.9 Å². The molecule has 0 fully saturated rings. The summed E-state index contributed by atoms with van der Waals surface area (Å²) < 4.78 is 2.15. The van der Waals surface area contributed by atoms with Crippen molar-refractivity contribution in [1.82, 2.24) is 4.57 Å². The molecule has 0 saturated heterocycles. The van der Waals surface area contributed by atoms with Gasteiger partial charge in [0.25, 0.3) is 0 Å². The van der Waals surface area contributed by atoms with E-state index in [0.29, 0.717) is 0 Å². The maximum Gasteiger partial charge on any atom is 0.0862 e. The minimum Gasteiger partial charge on any atom is -0.391 e. The molecule has 2 aromatic heterocycles. The Bertz CT molecular complexity index is 649. The molecule has 0 atom stereocenters. The molecule has 2 heterocycles. The molecule has 0 aliphatic heterocycles. The van der Waals surface area contributed by atoms with Crippen LogP contribution in [0.1, 0.15) is 0 Å². The number of hydrogen-bond acceptors (Lipinski definition) is 2. The number of fused-ring (bicyclic) bond motifs is 1. The van der Waals surface area contributed by atoms with Gasteiger partial charge in [0, 0.05) is 35.1 Å². The second-order valence-electron chi connectivity index (χ2n) is 3.91. The average molecular weight is 228 g/mol. The van der Waals surface area contributed by atoms with Gasteiger partial charge in [-0.1, -0.05) is 18.2 Å². The van der Waals surface area contributed by atoms with E-state index in [0.717, 1.165) is 5.00 Å². The van der Waals surface area contributed by atoms with Crippen LogP contribution in [0, 0.1) is 0 Å². The highest BCUT2D eigenvalue weighted by Crippen LogP contribution is 2.33. The summed E-state index contributed by atoms with van der Waals surface area (Å²) in [5.41, 5.74) is 9.49. The van der Waals surface area contributed by atoms with Crippen LogP contribution in [-0.2, 0) is 7.05 Å². The third kappa shape index (κ3) is 1.32. The maximum atomic E-state index is 5.78. The molecule has 0 spiro atoms. The van der Waals surface area contributed by atoms with Crippen LogP contribution >= 0.6 is 11.3 Å². The zero-order valence-electron chi connectivity index (χ0n) is 8.97. The Morgan fingerprint density at radius 2 is 2.06 bits per heavy atom. The third-order valence-electron chi connectivity index (χ3n) is 2.83. The van der Waals surface area contributed by atoms with Gasteiger partial charge < -0.3 is 10.3 Å². The van der Waals surface area contributed by atoms with Gasteiger partial charge in [0.2, 0.25) is 0 Å². The molecule has 2 N–H and O–H groups in total. The van der Waals surface area contributed by atoms with Crippen molar-refractivity contribution in [3.05, 3.63) is 41.9 Å². The van der Waals surface area contributed by atoms with Crippen molar-refractivity contribution in [3.63, 3.8) is 0 Å². The van der Waals surface area contributed by atoms with Gasteiger partial charge in [-0.2, -0.15) is 0 Å². The summed E-state index contributed by atoms with van der Waals surface area (Å²) >= 11 is 1.59. The number of rotatable bonds is 1. The molecule has 16 heavy (non-hydrogen) atoms. The number of para-hydroxylation sites is 1. The molecule has 3 aromatic rings. The summed E-state index contributed by atoms with van der Waals surface area (Å²) in [6.45, 7) is 0. The van der Waals surface area contributed by atoms with Crippen LogP contribution < -0.4 is 5.73 Å². The lowest BCUT2D eigenvalue weighted by Crippen LogP contribution is -1.81. The van der Waals surface area contributed by atoms with Crippen molar-refractivity contribution < 1.29 is 0 Å². The number of benzene rings is 1. The van der Waals surface area contributed by atoms with Gasteiger partial charge in [-0.3, -0.25) is 0 Å². The van der Waals surface area contributed by atoms with Gasteiger partial charge in [0.1, 0.15) is 0 Å². The first-order valence-corrected chi connectivity index (χ1v) is 6.02. The molecule has 0 aliphatic carbocycles. The molecule has 2 nitrogen and oxygen atoms in total. The second-order valence-corrected chi connectivity index (χ2v) is 4.85. The van der Waals surface area contributed by atoms with Gasteiger partial charge in [0.15, 0.2) is 0 Å². The van der Waals surface area contributed by atoms with Crippen molar-refractivity contribution in [2.24, 2.45) is 7.05 Å². The van der Waals surface area contributed by atoms with E-state index in [9.17, 15) is 0 Å². The first-order chi connectivity index (χ1) is 7.75. The summed E-state index contributed by atoms with van der Waals surface area (Å²) in [7, 11) is 2.07. The highest BCUT2D eigenvalue weighted by Gasteiger charge is 2.08. The van der Waals surface area contributed by atoms with Gasteiger partial charge in [0.05, 0.1) is 5.00 Å². The Morgan fingerprint density at radius 3 is 2.81 bits per heavy atom. The number of nitrogens with zero attached hydrogens (tertiary/aromatic N) is 1. The number of thiophene rings is 1. The molecule has 1 aromatic carbocycles. The summed E-state index contributed by atoms with van der Waals surface area (Å²) in [5.74, 6) is 0. The van der Waals surface area contributed by atoms with Crippen LogP contribution in [0.15, 0.2) is 41.9 Å². The standard InChI is InChI=1S/C13H12N2S/c1-15-7-11(9-6-13(14)16-8-9)10-4-2-3-5-12(10)15/h2-8H,14H2,1H3. The average Bonchev–Trinajstić information content (AvgIpc) is 2.84. The van der Waals surface area contributed by atoms with Crippen molar-refractivity contribution in [1.29, 1.82) is 0 Å². The Morgan fingerprint density at radius 1 is 1.25 bits per heavy atom. The van der Waals surface area contributed by atoms with E-state index in [-0.39, 0.29) is 0 Å². The lowest BCUT2D eigenvalue weighted by atomic mass is 10.1. The number of hydrogen-bond donors (Lipinski definition) is 1. The van der Waals surface area contributed by atoms with E-state index in [2.05, 4.69) is 47.5 Å². The fourth-order valence-electron chi connectivity index (χ4n) is 2.07. The number of nitrogen functional groups attached to an aromatic ring is 1. The van der Waals surface area contributed by atoms with E-state index in [1.165, 1.54) is 22.0 Å². The van der Waals surface area contributed by atoms with E-state index in [1.807, 2.05) is 6.07 Å². The van der Waals surface area contributed by atoms with E-state index < -0.39 is 0 Å². The molecule has 0 saturated carbocycles. The number of aromatic nitrogens is 1. The molecular weight excluding hydrogens is 216 g/mol. The van der Waals surface area contributed by atoms with Crippen LogP contribution in [-0.4, -0.2) is 4.57 Å². The zero-order valence-corrected chi connectivity index (χ0v) is 9.79. The van der Waals surface area contributed by atoms with Crippen LogP contribution in [0.3, 0.4) is 0 Å². The Kier molecular flexibility index (Phi) is 2.01. The topological polar surface area (TPSA) is 30.9 Å². The minimum atomic E-state index is 0.864. The fraction of sp³-hybridized carbons (Fsp3) is 0.0769. The highest BCUT2D eigenvalue weighted by atomic mass is 32.1. The van der Waals surface area contributed by atoms with Crippen molar-refractivity contribution in [3.8, 4) is 11.1 Å². The maximum absolute atomic E-state index is 5.78. The molecule has 0 amide bonds. The summed E-state index contributed by atoms with van der Waals surface area (Å²) in [5, 5.41) is 4.25. The number of aryl methyl sites for hydroxylation is 1. The quantitative estimate of drug-likeness (QED) is 0.679. The van der Waals surface area contributed by atoms with Crippen LogP contribution in [0.4, 0.5) is 5.00 Å². The van der Waals surface area contributed by atoms with E-state index in [1.54, 1.807) is 11.3 Å². The summed E-state index contributed by atoms with van der Waals surface area (Å²) in [4.78, 5) is 0. The molecule has 3 rings (SSSR count). The molecule has 80 valence electrons. The smallest absolute Gasteiger partial charge is 0.0862 e. The van der Waals surface area contributed by atoms with Crippen LogP contribution in [0.5, 0.6) is 0 Å². The lowest BCUT2D eigenvalue weighted by molar-refractivity contribution is 0.970. The van der Waals surface area contributed by atoms with Gasteiger partial charge in [-0.15, -0.1) is 11.3 Å². The monoisotopic (exact) mass is 228 g/mol.